The maximum Gasteiger partial charge on any atom is 0.193 e. The lowest BCUT2D eigenvalue weighted by Gasteiger charge is -2.23. The Bertz CT molecular complexity index is 713. The summed E-state index contributed by atoms with van der Waals surface area (Å²) in [7, 11) is 2.07. The van der Waals surface area contributed by atoms with Crippen LogP contribution in [-0.2, 0) is 17.7 Å². The molecule has 1 N–H and O–H groups in total. The van der Waals surface area contributed by atoms with E-state index in [-0.39, 0.29) is 24.0 Å². The summed E-state index contributed by atoms with van der Waals surface area (Å²) in [6, 6.07) is 12.2. The Kier molecular flexibility index (Phi) is 10.3. The van der Waals surface area contributed by atoms with Crippen molar-refractivity contribution in [2.24, 2.45) is 10.9 Å². The van der Waals surface area contributed by atoms with Crippen molar-refractivity contribution in [3.8, 4) is 5.75 Å². The van der Waals surface area contributed by atoms with Crippen molar-refractivity contribution >= 4 is 29.9 Å². The summed E-state index contributed by atoms with van der Waals surface area (Å²) in [5, 5.41) is 3.48. The molecule has 1 aromatic carbocycles. The molecule has 3 rings (SSSR count). The van der Waals surface area contributed by atoms with E-state index >= 15 is 0 Å². The summed E-state index contributed by atoms with van der Waals surface area (Å²) in [6.45, 7) is 6.68. The number of ether oxygens (including phenoxy) is 2. The molecule has 0 radical (unpaired) electrons. The Morgan fingerprint density at radius 2 is 2.10 bits per heavy atom. The van der Waals surface area contributed by atoms with Crippen molar-refractivity contribution in [3.05, 3.63) is 54.0 Å². The van der Waals surface area contributed by atoms with E-state index in [9.17, 15) is 0 Å². The molecular weight excluding hydrogens is 481 g/mol. The molecule has 1 unspecified atom stereocenters. The molecule has 1 fully saturated rings. The zero-order chi connectivity index (χ0) is 19.6. The zero-order valence-corrected chi connectivity index (χ0v) is 19.6. The van der Waals surface area contributed by atoms with Gasteiger partial charge in [-0.15, -0.1) is 24.0 Å². The minimum atomic E-state index is 0. The monoisotopic (exact) mass is 513 g/mol. The molecule has 2 aromatic rings. The van der Waals surface area contributed by atoms with Crippen LogP contribution in [0.5, 0.6) is 5.75 Å². The fourth-order valence-corrected chi connectivity index (χ4v) is 3.21. The van der Waals surface area contributed by atoms with Gasteiger partial charge in [0.2, 0.25) is 0 Å². The van der Waals surface area contributed by atoms with Crippen LogP contribution in [0.25, 0.3) is 0 Å². The van der Waals surface area contributed by atoms with E-state index in [4.69, 9.17) is 18.9 Å². The Morgan fingerprint density at radius 3 is 2.76 bits per heavy atom. The second kappa shape index (κ2) is 12.7. The largest absolute Gasteiger partial charge is 0.494 e. The van der Waals surface area contributed by atoms with E-state index in [1.165, 1.54) is 5.56 Å². The highest BCUT2D eigenvalue weighted by atomic mass is 127. The van der Waals surface area contributed by atoms with Gasteiger partial charge in [0.1, 0.15) is 11.5 Å². The van der Waals surface area contributed by atoms with Gasteiger partial charge in [-0.2, -0.15) is 0 Å². The molecule has 0 bridgehead atoms. The average Bonchev–Trinajstić information content (AvgIpc) is 3.40. The van der Waals surface area contributed by atoms with E-state index in [1.807, 2.05) is 31.2 Å². The summed E-state index contributed by atoms with van der Waals surface area (Å²) < 4.78 is 16.4. The van der Waals surface area contributed by atoms with E-state index in [1.54, 1.807) is 6.26 Å². The van der Waals surface area contributed by atoms with Crippen molar-refractivity contribution in [2.45, 2.75) is 26.3 Å². The molecule has 1 aliphatic rings. The molecule has 1 saturated heterocycles. The molecule has 160 valence electrons. The number of hydrogen-bond donors (Lipinski definition) is 1. The topological polar surface area (TPSA) is 59.2 Å². The van der Waals surface area contributed by atoms with Gasteiger partial charge in [0, 0.05) is 45.6 Å². The molecule has 7 heteroatoms. The molecule has 1 atom stereocenters. The average molecular weight is 513 g/mol. The molecule has 1 aliphatic heterocycles. The van der Waals surface area contributed by atoms with Gasteiger partial charge in [0.15, 0.2) is 5.96 Å². The normalized spacial score (nSPS) is 16.3. The first-order chi connectivity index (χ1) is 13.7. The third-order valence-electron chi connectivity index (χ3n) is 4.77. The smallest absolute Gasteiger partial charge is 0.193 e. The number of hydrogen-bond acceptors (Lipinski definition) is 4. The number of rotatable bonds is 9. The number of halogens is 1. The number of benzene rings is 1. The van der Waals surface area contributed by atoms with Crippen LogP contribution in [0.1, 0.15) is 24.7 Å². The molecule has 0 spiro atoms. The second-order valence-corrected chi connectivity index (χ2v) is 7.08. The third-order valence-corrected chi connectivity index (χ3v) is 4.77. The highest BCUT2D eigenvalue weighted by Crippen LogP contribution is 2.15. The Morgan fingerprint density at radius 1 is 1.28 bits per heavy atom. The summed E-state index contributed by atoms with van der Waals surface area (Å²) in [5.74, 6) is 3.30. The highest BCUT2D eigenvalue weighted by Gasteiger charge is 2.16. The molecule has 2 heterocycles. The van der Waals surface area contributed by atoms with Gasteiger partial charge in [-0.05, 0) is 43.2 Å². The molecule has 29 heavy (non-hydrogen) atoms. The predicted molar refractivity (Wildman–Crippen MR) is 126 cm³/mol. The van der Waals surface area contributed by atoms with Crippen molar-refractivity contribution in [1.82, 2.24) is 10.2 Å². The molecule has 1 aromatic heterocycles. The fraction of sp³-hybridized carbons (Fsp3) is 0.500. The molecule has 6 nitrogen and oxygen atoms in total. The summed E-state index contributed by atoms with van der Waals surface area (Å²) in [5.41, 5.74) is 1.22. The van der Waals surface area contributed by atoms with Gasteiger partial charge in [-0.25, -0.2) is 0 Å². The van der Waals surface area contributed by atoms with Crippen molar-refractivity contribution in [2.75, 3.05) is 40.0 Å². The van der Waals surface area contributed by atoms with Crippen LogP contribution in [0.2, 0.25) is 0 Å². The van der Waals surface area contributed by atoms with Crippen LogP contribution < -0.4 is 10.1 Å². The van der Waals surface area contributed by atoms with E-state index in [2.05, 4.69) is 29.4 Å². The van der Waals surface area contributed by atoms with E-state index < -0.39 is 0 Å². The van der Waals surface area contributed by atoms with Gasteiger partial charge in [-0.3, -0.25) is 4.99 Å². The Hall–Kier alpha value is -1.74. The maximum atomic E-state index is 5.53. The van der Waals surface area contributed by atoms with Crippen molar-refractivity contribution in [1.29, 1.82) is 0 Å². The Labute approximate surface area is 190 Å². The van der Waals surface area contributed by atoms with Gasteiger partial charge in [0.05, 0.1) is 19.5 Å². The first kappa shape index (κ1) is 23.5. The first-order valence-electron chi connectivity index (χ1n) is 10.1. The lowest BCUT2D eigenvalue weighted by molar-refractivity contribution is 0.187. The van der Waals surface area contributed by atoms with Crippen molar-refractivity contribution < 1.29 is 13.9 Å². The van der Waals surface area contributed by atoms with Gasteiger partial charge < -0.3 is 24.1 Å². The van der Waals surface area contributed by atoms with E-state index in [0.29, 0.717) is 12.5 Å². The van der Waals surface area contributed by atoms with Gasteiger partial charge >= 0.3 is 0 Å². The molecule has 0 aliphatic carbocycles. The highest BCUT2D eigenvalue weighted by molar-refractivity contribution is 14.0. The third kappa shape index (κ3) is 7.89. The van der Waals surface area contributed by atoms with Crippen LogP contribution in [-0.4, -0.2) is 50.8 Å². The number of furan rings is 1. The summed E-state index contributed by atoms with van der Waals surface area (Å²) >= 11 is 0. The van der Waals surface area contributed by atoms with Crippen LogP contribution in [0.3, 0.4) is 0 Å². The number of guanidine groups is 1. The van der Waals surface area contributed by atoms with Crippen LogP contribution in [0.15, 0.2) is 52.1 Å². The maximum absolute atomic E-state index is 5.53. The molecule has 0 amide bonds. The van der Waals surface area contributed by atoms with Gasteiger partial charge in [-0.1, -0.05) is 12.1 Å². The quantitative estimate of drug-likeness (QED) is 0.313. The Balaban J connectivity index is 0.00000300. The molecular formula is C22H32IN3O3. The predicted octanol–water partition coefficient (Wildman–Crippen LogP) is 3.95. The van der Waals surface area contributed by atoms with Crippen molar-refractivity contribution in [3.63, 3.8) is 0 Å². The fourth-order valence-electron chi connectivity index (χ4n) is 3.21. The lowest BCUT2D eigenvalue weighted by Crippen LogP contribution is -2.40. The van der Waals surface area contributed by atoms with Crippen LogP contribution in [0, 0.1) is 5.92 Å². The molecule has 0 saturated carbocycles. The van der Waals surface area contributed by atoms with E-state index in [0.717, 1.165) is 63.2 Å². The summed E-state index contributed by atoms with van der Waals surface area (Å²) in [4.78, 5) is 7.02. The lowest BCUT2D eigenvalue weighted by atomic mass is 10.1. The standard InChI is InChI=1S/C22H31N3O3.HI/c1-3-27-21-8-6-18(7-9-21)16-25(2)22(24-15-19-11-14-26-17-19)23-12-10-20-5-4-13-28-20;/h4-9,13,19H,3,10-12,14-17H2,1-2H3,(H,23,24);1H. The van der Waals surface area contributed by atoms with Crippen LogP contribution in [0.4, 0.5) is 0 Å². The number of aliphatic imine (C=N–C) groups is 1. The zero-order valence-electron chi connectivity index (χ0n) is 17.3. The first-order valence-corrected chi connectivity index (χ1v) is 10.1. The number of nitrogens with one attached hydrogen (secondary N) is 1. The SMILES string of the molecule is CCOc1ccc(CN(C)C(=NCC2CCOC2)NCCc2ccco2)cc1.I. The number of nitrogens with zero attached hydrogens (tertiary/aromatic N) is 2. The van der Waals surface area contributed by atoms with Gasteiger partial charge in [0.25, 0.3) is 0 Å². The van der Waals surface area contributed by atoms with Crippen LogP contribution >= 0.6 is 24.0 Å². The minimum absolute atomic E-state index is 0. The minimum Gasteiger partial charge on any atom is -0.494 e. The summed E-state index contributed by atoms with van der Waals surface area (Å²) in [6.07, 6.45) is 3.63. The second-order valence-electron chi connectivity index (χ2n) is 7.08.